The van der Waals surface area contributed by atoms with Gasteiger partial charge < -0.3 is 9.64 Å². The Kier molecular flexibility index (Phi) is 4.29. The molecule has 0 aliphatic rings. The minimum absolute atomic E-state index is 0.241. The van der Waals surface area contributed by atoms with Crippen molar-refractivity contribution < 1.29 is 9.53 Å². The predicted octanol–water partition coefficient (Wildman–Crippen LogP) is 2.05. The van der Waals surface area contributed by atoms with Crippen molar-refractivity contribution >= 4 is 40.9 Å². The van der Waals surface area contributed by atoms with Crippen LogP contribution in [-0.2, 0) is 4.74 Å². The third-order valence-corrected chi connectivity index (χ3v) is 1.05. The van der Waals surface area contributed by atoms with Gasteiger partial charge in [0.05, 0.1) is 0 Å². The molecule has 0 saturated carbocycles. The highest BCUT2D eigenvalue weighted by Crippen LogP contribution is 2.25. The maximum atomic E-state index is 10.7. The van der Waals surface area contributed by atoms with Gasteiger partial charge >= 0.3 is 6.09 Å². The number of halogens is 3. The summed E-state index contributed by atoms with van der Waals surface area (Å²) in [6.45, 7) is -0.241. The molecule has 0 aliphatic carbocycles. The molecule has 11 heavy (non-hydrogen) atoms. The number of alkyl halides is 3. The van der Waals surface area contributed by atoms with Crippen LogP contribution in [0.3, 0.4) is 0 Å². The van der Waals surface area contributed by atoms with Crippen LogP contribution >= 0.6 is 34.8 Å². The average molecular weight is 220 g/mol. The van der Waals surface area contributed by atoms with Gasteiger partial charge in [-0.2, -0.15) is 0 Å². The van der Waals surface area contributed by atoms with Crippen LogP contribution in [0.5, 0.6) is 0 Å². The molecule has 0 fully saturated rings. The Morgan fingerprint density at radius 1 is 1.45 bits per heavy atom. The van der Waals surface area contributed by atoms with Crippen LogP contribution in [0, 0.1) is 0 Å². The summed E-state index contributed by atoms with van der Waals surface area (Å²) in [5.74, 6) is 0. The molecule has 0 rings (SSSR count). The largest absolute Gasteiger partial charge is 0.445 e. The topological polar surface area (TPSA) is 29.5 Å². The van der Waals surface area contributed by atoms with Crippen LogP contribution in [0.15, 0.2) is 0 Å². The van der Waals surface area contributed by atoms with Crippen molar-refractivity contribution in [3.63, 3.8) is 0 Å². The van der Waals surface area contributed by atoms with Gasteiger partial charge in [0.1, 0.15) is 6.61 Å². The predicted molar refractivity (Wildman–Crippen MR) is 45.3 cm³/mol. The smallest absolute Gasteiger partial charge is 0.409 e. The summed E-state index contributed by atoms with van der Waals surface area (Å²) in [5, 5.41) is 0. The molecular formula is C5H8Cl3NO2. The van der Waals surface area contributed by atoms with Gasteiger partial charge in [0.25, 0.3) is 0 Å². The van der Waals surface area contributed by atoms with E-state index in [0.29, 0.717) is 0 Å². The Morgan fingerprint density at radius 3 is 2.18 bits per heavy atom. The standard InChI is InChI=1S/C5H8Cl3NO2/c1-9(2)4(10)11-3-5(6,7)8/h3H2,1-2H3. The molecule has 66 valence electrons. The first-order valence-corrected chi connectivity index (χ1v) is 3.87. The fraction of sp³-hybridized carbons (Fsp3) is 0.800. The zero-order chi connectivity index (χ0) is 9.07. The molecule has 3 nitrogen and oxygen atoms in total. The van der Waals surface area contributed by atoms with Gasteiger partial charge in [-0.3, -0.25) is 0 Å². The fourth-order valence-electron chi connectivity index (χ4n) is 0.273. The second-order valence-electron chi connectivity index (χ2n) is 2.06. The van der Waals surface area contributed by atoms with E-state index in [1.165, 1.54) is 4.90 Å². The van der Waals surface area contributed by atoms with Gasteiger partial charge in [-0.25, -0.2) is 4.79 Å². The Bertz CT molecular complexity index is 143. The summed E-state index contributed by atoms with van der Waals surface area (Å²) in [6, 6.07) is 0. The quantitative estimate of drug-likeness (QED) is 0.633. The Labute approximate surface area is 80.1 Å². The van der Waals surface area contributed by atoms with Crippen LogP contribution in [0.1, 0.15) is 0 Å². The molecule has 0 radical (unpaired) electrons. The van der Waals surface area contributed by atoms with E-state index in [0.717, 1.165) is 0 Å². The second-order valence-corrected chi connectivity index (χ2v) is 4.58. The van der Waals surface area contributed by atoms with E-state index in [9.17, 15) is 4.79 Å². The Balaban J connectivity index is 3.64. The lowest BCUT2D eigenvalue weighted by Gasteiger charge is -2.14. The summed E-state index contributed by atoms with van der Waals surface area (Å²) >= 11 is 16.0. The van der Waals surface area contributed by atoms with Crippen LogP contribution in [0.2, 0.25) is 0 Å². The second kappa shape index (κ2) is 4.24. The molecule has 0 aromatic carbocycles. The maximum Gasteiger partial charge on any atom is 0.409 e. The number of ether oxygens (including phenoxy) is 1. The lowest BCUT2D eigenvalue weighted by atomic mass is 10.8. The number of carbonyl (C=O) groups is 1. The van der Waals surface area contributed by atoms with Crippen molar-refractivity contribution in [1.29, 1.82) is 0 Å². The number of hydrogen-bond acceptors (Lipinski definition) is 2. The van der Waals surface area contributed by atoms with Crippen LogP contribution < -0.4 is 0 Å². The summed E-state index contributed by atoms with van der Waals surface area (Å²) in [6.07, 6.45) is -0.531. The van der Waals surface area contributed by atoms with Gasteiger partial charge in [0, 0.05) is 14.1 Å². The summed E-state index contributed by atoms with van der Waals surface area (Å²) in [5.41, 5.74) is 0. The normalized spacial score (nSPS) is 11.0. The molecule has 0 spiro atoms. The molecule has 0 saturated heterocycles. The molecule has 0 heterocycles. The van der Waals surface area contributed by atoms with Crippen molar-refractivity contribution in [2.24, 2.45) is 0 Å². The first-order valence-electron chi connectivity index (χ1n) is 2.74. The molecular weight excluding hydrogens is 212 g/mol. The molecule has 0 unspecified atom stereocenters. The lowest BCUT2D eigenvalue weighted by Crippen LogP contribution is -2.26. The minimum atomic E-state index is -1.54. The van der Waals surface area contributed by atoms with Crippen LogP contribution in [0.4, 0.5) is 4.79 Å². The molecule has 0 N–H and O–H groups in total. The van der Waals surface area contributed by atoms with Crippen molar-refractivity contribution in [3.05, 3.63) is 0 Å². The number of hydrogen-bond donors (Lipinski definition) is 0. The Morgan fingerprint density at radius 2 is 1.91 bits per heavy atom. The summed E-state index contributed by atoms with van der Waals surface area (Å²) in [4.78, 5) is 12.0. The number of amides is 1. The fourth-order valence-corrected chi connectivity index (χ4v) is 0.436. The number of carbonyl (C=O) groups excluding carboxylic acids is 1. The lowest BCUT2D eigenvalue weighted by molar-refractivity contribution is 0.120. The monoisotopic (exact) mass is 219 g/mol. The number of nitrogens with zero attached hydrogens (tertiary/aromatic N) is 1. The zero-order valence-corrected chi connectivity index (χ0v) is 8.37. The molecule has 6 heteroatoms. The molecule has 0 aliphatic heterocycles. The zero-order valence-electron chi connectivity index (χ0n) is 6.10. The highest BCUT2D eigenvalue weighted by atomic mass is 35.6. The van der Waals surface area contributed by atoms with E-state index >= 15 is 0 Å². The van der Waals surface area contributed by atoms with E-state index < -0.39 is 9.89 Å². The maximum absolute atomic E-state index is 10.7. The Hall–Kier alpha value is 0.140. The van der Waals surface area contributed by atoms with Crippen molar-refractivity contribution in [3.8, 4) is 0 Å². The molecule has 0 aromatic heterocycles. The van der Waals surface area contributed by atoms with Gasteiger partial charge in [-0.05, 0) is 0 Å². The number of rotatable bonds is 1. The van der Waals surface area contributed by atoms with Gasteiger partial charge in [0.2, 0.25) is 3.79 Å². The van der Waals surface area contributed by atoms with Gasteiger partial charge in [-0.15, -0.1) is 0 Å². The highest BCUT2D eigenvalue weighted by Gasteiger charge is 2.22. The molecule has 1 amide bonds. The summed E-state index contributed by atoms with van der Waals surface area (Å²) in [7, 11) is 3.08. The van der Waals surface area contributed by atoms with Crippen molar-refractivity contribution in [2.75, 3.05) is 20.7 Å². The summed E-state index contributed by atoms with van der Waals surface area (Å²) < 4.78 is 3.02. The van der Waals surface area contributed by atoms with Crippen molar-refractivity contribution in [1.82, 2.24) is 4.90 Å². The molecule has 0 atom stereocenters. The van der Waals surface area contributed by atoms with Gasteiger partial charge in [-0.1, -0.05) is 34.8 Å². The van der Waals surface area contributed by atoms with Crippen LogP contribution in [-0.4, -0.2) is 35.5 Å². The van der Waals surface area contributed by atoms with E-state index in [-0.39, 0.29) is 6.61 Å². The SMILES string of the molecule is CN(C)C(=O)OCC(Cl)(Cl)Cl. The van der Waals surface area contributed by atoms with E-state index in [1.807, 2.05) is 0 Å². The first kappa shape index (κ1) is 11.1. The highest BCUT2D eigenvalue weighted by molar-refractivity contribution is 6.67. The molecule has 0 bridgehead atoms. The van der Waals surface area contributed by atoms with Gasteiger partial charge in [0.15, 0.2) is 0 Å². The first-order chi connectivity index (χ1) is 4.83. The van der Waals surface area contributed by atoms with Crippen molar-refractivity contribution in [2.45, 2.75) is 3.79 Å². The third-order valence-electron chi connectivity index (χ3n) is 0.724. The molecule has 0 aromatic rings. The van der Waals surface area contributed by atoms with E-state index in [1.54, 1.807) is 14.1 Å². The average Bonchev–Trinajstić information content (AvgIpc) is 1.80. The third kappa shape index (κ3) is 6.53. The van der Waals surface area contributed by atoms with E-state index in [2.05, 4.69) is 4.74 Å². The minimum Gasteiger partial charge on any atom is -0.445 e. The van der Waals surface area contributed by atoms with Crippen LogP contribution in [0.25, 0.3) is 0 Å². The van der Waals surface area contributed by atoms with E-state index in [4.69, 9.17) is 34.8 Å².